The summed E-state index contributed by atoms with van der Waals surface area (Å²) in [6, 6.07) is 2.67. The Kier molecular flexibility index (Phi) is 3.48. The molecule has 1 N–H and O–H groups in total. The van der Waals surface area contributed by atoms with Crippen LogP contribution >= 0.6 is 0 Å². The highest BCUT2D eigenvalue weighted by Gasteiger charge is 2.40. The highest BCUT2D eigenvalue weighted by Crippen LogP contribution is 2.42. The van der Waals surface area contributed by atoms with Crippen LogP contribution in [0.3, 0.4) is 0 Å². The summed E-state index contributed by atoms with van der Waals surface area (Å²) in [5.74, 6) is 0.597. The van der Waals surface area contributed by atoms with E-state index in [4.69, 9.17) is 0 Å². The standard InChI is InChI=1S/C15H19F3N2/c16-15(17,18)13-2-1-12(8-20-13)7-11-3-5-14(6-4-11)9-19-10-14/h1-2,8,11,19H,3-7,9-10H2. The van der Waals surface area contributed by atoms with Gasteiger partial charge < -0.3 is 5.32 Å². The van der Waals surface area contributed by atoms with Gasteiger partial charge in [-0.15, -0.1) is 0 Å². The van der Waals surface area contributed by atoms with E-state index >= 15 is 0 Å². The fourth-order valence-corrected chi connectivity index (χ4v) is 3.37. The van der Waals surface area contributed by atoms with Crippen LogP contribution in [0.15, 0.2) is 18.3 Å². The second kappa shape index (κ2) is 5.02. The average Bonchev–Trinajstić information content (AvgIpc) is 2.37. The predicted octanol–water partition coefficient (Wildman–Crippen LogP) is 3.42. The molecule has 2 aliphatic rings. The number of hydrogen-bond donors (Lipinski definition) is 1. The summed E-state index contributed by atoms with van der Waals surface area (Å²) in [6.07, 6.45) is 2.77. The Labute approximate surface area is 116 Å². The van der Waals surface area contributed by atoms with Gasteiger partial charge in [0, 0.05) is 19.3 Å². The smallest absolute Gasteiger partial charge is 0.316 e. The van der Waals surface area contributed by atoms with Gasteiger partial charge in [0.05, 0.1) is 0 Å². The Morgan fingerprint density at radius 3 is 2.35 bits per heavy atom. The maximum Gasteiger partial charge on any atom is 0.433 e. The van der Waals surface area contributed by atoms with Crippen LogP contribution < -0.4 is 5.32 Å². The van der Waals surface area contributed by atoms with Crippen LogP contribution in [0.4, 0.5) is 13.2 Å². The number of nitrogens with zero attached hydrogens (tertiary/aromatic N) is 1. The molecule has 20 heavy (non-hydrogen) atoms. The molecule has 1 spiro atoms. The first kappa shape index (κ1) is 13.9. The first-order valence-corrected chi connectivity index (χ1v) is 7.20. The van der Waals surface area contributed by atoms with Gasteiger partial charge in [-0.2, -0.15) is 13.2 Å². The largest absolute Gasteiger partial charge is 0.433 e. The van der Waals surface area contributed by atoms with Gasteiger partial charge >= 0.3 is 6.18 Å². The lowest BCUT2D eigenvalue weighted by atomic mass is 9.66. The molecule has 1 aliphatic carbocycles. The quantitative estimate of drug-likeness (QED) is 0.900. The highest BCUT2D eigenvalue weighted by atomic mass is 19.4. The number of alkyl halides is 3. The fraction of sp³-hybridized carbons (Fsp3) is 0.667. The first-order valence-electron chi connectivity index (χ1n) is 7.20. The van der Waals surface area contributed by atoms with Crippen molar-refractivity contribution in [1.29, 1.82) is 0 Å². The van der Waals surface area contributed by atoms with Gasteiger partial charge in [-0.05, 0) is 55.1 Å². The van der Waals surface area contributed by atoms with Crippen LogP contribution in [-0.4, -0.2) is 18.1 Å². The van der Waals surface area contributed by atoms with Crippen molar-refractivity contribution < 1.29 is 13.2 Å². The van der Waals surface area contributed by atoms with Crippen molar-refractivity contribution in [2.75, 3.05) is 13.1 Å². The molecule has 5 heteroatoms. The van der Waals surface area contributed by atoms with E-state index in [9.17, 15) is 13.2 Å². The molecule has 2 nitrogen and oxygen atoms in total. The van der Waals surface area contributed by atoms with Crippen molar-refractivity contribution in [3.05, 3.63) is 29.6 Å². The van der Waals surface area contributed by atoms with Gasteiger partial charge in [0.2, 0.25) is 0 Å². The number of pyridine rings is 1. The summed E-state index contributed by atoms with van der Waals surface area (Å²) in [5, 5.41) is 3.34. The Morgan fingerprint density at radius 2 is 1.90 bits per heavy atom. The Morgan fingerprint density at radius 1 is 1.20 bits per heavy atom. The molecule has 1 aromatic rings. The van der Waals surface area contributed by atoms with Gasteiger partial charge in [-0.25, -0.2) is 0 Å². The van der Waals surface area contributed by atoms with Gasteiger partial charge in [0.25, 0.3) is 0 Å². The van der Waals surface area contributed by atoms with E-state index in [1.807, 2.05) is 0 Å². The van der Waals surface area contributed by atoms with Crippen LogP contribution in [-0.2, 0) is 12.6 Å². The summed E-state index contributed by atoms with van der Waals surface area (Å²) in [4.78, 5) is 3.54. The van der Waals surface area contributed by atoms with Gasteiger partial charge in [-0.3, -0.25) is 4.98 Å². The molecule has 2 heterocycles. The van der Waals surface area contributed by atoms with Crippen molar-refractivity contribution in [3.8, 4) is 0 Å². The number of rotatable bonds is 2. The summed E-state index contributed by atoms with van der Waals surface area (Å²) >= 11 is 0. The second-order valence-corrected chi connectivity index (χ2v) is 6.30. The zero-order chi connectivity index (χ0) is 14.2. The topological polar surface area (TPSA) is 24.9 Å². The molecule has 0 unspecified atom stereocenters. The lowest BCUT2D eigenvalue weighted by Gasteiger charge is -2.47. The molecule has 3 rings (SSSR count). The molecule has 2 fully saturated rings. The molecule has 0 aromatic carbocycles. The Balaban J connectivity index is 1.56. The summed E-state index contributed by atoms with van der Waals surface area (Å²) in [7, 11) is 0. The maximum absolute atomic E-state index is 12.4. The normalized spacial score (nSPS) is 22.8. The molecular formula is C15H19F3N2. The zero-order valence-corrected chi connectivity index (χ0v) is 11.3. The molecule has 0 amide bonds. The predicted molar refractivity (Wildman–Crippen MR) is 70.2 cm³/mol. The van der Waals surface area contributed by atoms with E-state index in [1.54, 1.807) is 6.07 Å². The van der Waals surface area contributed by atoms with Crippen molar-refractivity contribution >= 4 is 0 Å². The van der Waals surface area contributed by atoms with Crippen LogP contribution in [0.5, 0.6) is 0 Å². The molecular weight excluding hydrogens is 265 g/mol. The van der Waals surface area contributed by atoms with Crippen molar-refractivity contribution in [2.24, 2.45) is 11.3 Å². The van der Waals surface area contributed by atoms with E-state index in [0.29, 0.717) is 11.3 Å². The lowest BCUT2D eigenvalue weighted by molar-refractivity contribution is -0.141. The third-order valence-corrected chi connectivity index (χ3v) is 4.81. The monoisotopic (exact) mass is 284 g/mol. The van der Waals surface area contributed by atoms with Crippen LogP contribution in [0, 0.1) is 11.3 Å². The van der Waals surface area contributed by atoms with E-state index in [2.05, 4.69) is 10.3 Å². The SMILES string of the molecule is FC(F)(F)c1ccc(CC2CCC3(CC2)CNC3)cn1. The van der Waals surface area contributed by atoms with E-state index < -0.39 is 11.9 Å². The summed E-state index contributed by atoms with van der Waals surface area (Å²) in [6.45, 7) is 2.28. The molecule has 0 bridgehead atoms. The van der Waals surface area contributed by atoms with Gasteiger partial charge in [0.15, 0.2) is 0 Å². The zero-order valence-electron chi connectivity index (χ0n) is 11.3. The molecule has 1 aliphatic heterocycles. The summed E-state index contributed by atoms with van der Waals surface area (Å²) < 4.78 is 37.3. The van der Waals surface area contributed by atoms with E-state index in [1.165, 1.54) is 31.9 Å². The number of halogens is 3. The lowest BCUT2D eigenvalue weighted by Crippen LogP contribution is -2.54. The maximum atomic E-state index is 12.4. The van der Waals surface area contributed by atoms with Crippen LogP contribution in [0.2, 0.25) is 0 Å². The minimum atomic E-state index is -4.34. The summed E-state index contributed by atoms with van der Waals surface area (Å²) in [5.41, 5.74) is 0.657. The van der Waals surface area contributed by atoms with Crippen LogP contribution in [0.25, 0.3) is 0 Å². The van der Waals surface area contributed by atoms with Crippen molar-refractivity contribution in [2.45, 2.75) is 38.3 Å². The highest BCUT2D eigenvalue weighted by molar-refractivity contribution is 5.16. The minimum Gasteiger partial charge on any atom is -0.316 e. The third-order valence-electron chi connectivity index (χ3n) is 4.81. The van der Waals surface area contributed by atoms with Crippen molar-refractivity contribution in [3.63, 3.8) is 0 Å². The van der Waals surface area contributed by atoms with Gasteiger partial charge in [0.1, 0.15) is 5.69 Å². The number of aromatic nitrogens is 1. The molecule has 0 atom stereocenters. The minimum absolute atomic E-state index is 0.537. The molecule has 1 saturated carbocycles. The Hall–Kier alpha value is -1.10. The average molecular weight is 284 g/mol. The second-order valence-electron chi connectivity index (χ2n) is 6.30. The molecule has 1 saturated heterocycles. The number of hydrogen-bond acceptors (Lipinski definition) is 2. The van der Waals surface area contributed by atoms with E-state index in [-0.39, 0.29) is 0 Å². The first-order chi connectivity index (χ1) is 9.47. The van der Waals surface area contributed by atoms with Gasteiger partial charge in [-0.1, -0.05) is 6.07 Å². The molecule has 110 valence electrons. The Bertz CT molecular complexity index is 453. The fourth-order valence-electron chi connectivity index (χ4n) is 3.37. The van der Waals surface area contributed by atoms with Crippen LogP contribution in [0.1, 0.15) is 36.9 Å². The molecule has 0 radical (unpaired) electrons. The third kappa shape index (κ3) is 2.82. The number of nitrogens with one attached hydrogen (secondary N) is 1. The van der Waals surface area contributed by atoms with Crippen molar-refractivity contribution in [1.82, 2.24) is 10.3 Å². The molecule has 1 aromatic heterocycles. The van der Waals surface area contributed by atoms with E-state index in [0.717, 1.165) is 31.1 Å².